The summed E-state index contributed by atoms with van der Waals surface area (Å²) in [5, 5.41) is 3.97. The maximum atomic E-state index is 13.2. The Kier molecular flexibility index (Phi) is 4.73. The van der Waals surface area contributed by atoms with E-state index in [1.165, 1.54) is 12.1 Å². The zero-order chi connectivity index (χ0) is 14.7. The lowest BCUT2D eigenvalue weighted by Crippen LogP contribution is -2.22. The monoisotopic (exact) mass is 295 g/mol. The summed E-state index contributed by atoms with van der Waals surface area (Å²) >= 11 is 5.96. The highest BCUT2D eigenvalue weighted by Gasteiger charge is 2.13. The highest BCUT2D eigenvalue weighted by molar-refractivity contribution is 6.30. The molecular weight excluding hydrogens is 280 g/mol. The van der Waals surface area contributed by atoms with Gasteiger partial charge in [0.05, 0.1) is 0 Å². The van der Waals surface area contributed by atoms with Crippen LogP contribution >= 0.6 is 11.6 Å². The minimum atomic E-state index is -0.566. The Morgan fingerprint density at radius 3 is 2.10 bits per heavy atom. The van der Waals surface area contributed by atoms with Gasteiger partial charge in [-0.15, -0.1) is 0 Å². The molecule has 106 valence electrons. The SMILES string of the molecule is CC(N[C@H](C)c1cccc(Cl)c1)c1cc(F)cc(F)c1. The van der Waals surface area contributed by atoms with Crippen molar-refractivity contribution in [3.63, 3.8) is 0 Å². The molecule has 0 aliphatic heterocycles. The van der Waals surface area contributed by atoms with Crippen LogP contribution < -0.4 is 5.32 Å². The Balaban J connectivity index is 2.12. The van der Waals surface area contributed by atoms with Crippen LogP contribution in [0.3, 0.4) is 0 Å². The zero-order valence-corrected chi connectivity index (χ0v) is 12.1. The van der Waals surface area contributed by atoms with Crippen molar-refractivity contribution in [2.75, 3.05) is 0 Å². The molecule has 0 saturated carbocycles. The number of rotatable bonds is 4. The summed E-state index contributed by atoms with van der Waals surface area (Å²) < 4.78 is 26.4. The molecule has 2 aromatic rings. The minimum Gasteiger partial charge on any atom is -0.304 e. The average Bonchev–Trinajstić information content (AvgIpc) is 2.37. The molecule has 0 fully saturated rings. The first-order chi connectivity index (χ1) is 9.45. The van der Waals surface area contributed by atoms with Gasteiger partial charge in [0.15, 0.2) is 0 Å². The van der Waals surface area contributed by atoms with Crippen LogP contribution in [0.4, 0.5) is 8.78 Å². The van der Waals surface area contributed by atoms with Crippen LogP contribution in [0, 0.1) is 11.6 Å². The van der Waals surface area contributed by atoms with Crippen LogP contribution in [0.15, 0.2) is 42.5 Å². The van der Waals surface area contributed by atoms with Crippen molar-refractivity contribution in [1.82, 2.24) is 5.32 Å². The van der Waals surface area contributed by atoms with E-state index < -0.39 is 11.6 Å². The lowest BCUT2D eigenvalue weighted by molar-refractivity contribution is 0.487. The lowest BCUT2D eigenvalue weighted by atomic mass is 10.0. The Hall–Kier alpha value is -1.45. The summed E-state index contributed by atoms with van der Waals surface area (Å²) in [6.45, 7) is 3.85. The number of nitrogens with one attached hydrogen (secondary N) is 1. The smallest absolute Gasteiger partial charge is 0.126 e. The Morgan fingerprint density at radius 1 is 0.900 bits per heavy atom. The van der Waals surface area contributed by atoms with Crippen LogP contribution in [-0.2, 0) is 0 Å². The van der Waals surface area contributed by atoms with Gasteiger partial charge in [0, 0.05) is 23.2 Å². The van der Waals surface area contributed by atoms with Gasteiger partial charge in [-0.2, -0.15) is 0 Å². The van der Waals surface area contributed by atoms with Crippen molar-refractivity contribution in [2.45, 2.75) is 25.9 Å². The van der Waals surface area contributed by atoms with Gasteiger partial charge in [0.2, 0.25) is 0 Å². The van der Waals surface area contributed by atoms with Gasteiger partial charge < -0.3 is 5.32 Å². The molecule has 0 aliphatic carbocycles. The van der Waals surface area contributed by atoms with Gasteiger partial charge in [-0.1, -0.05) is 23.7 Å². The second-order valence-electron chi connectivity index (χ2n) is 4.87. The number of hydrogen-bond donors (Lipinski definition) is 1. The number of hydrogen-bond acceptors (Lipinski definition) is 1. The molecule has 2 rings (SSSR count). The predicted molar refractivity (Wildman–Crippen MR) is 77.8 cm³/mol. The standard InChI is InChI=1S/C16H16ClF2N/c1-10(12-4-3-5-14(17)6-12)20-11(2)13-7-15(18)9-16(19)8-13/h3-11,20H,1-2H3/t10-,11?/m1/s1. The number of benzene rings is 2. The summed E-state index contributed by atoms with van der Waals surface area (Å²) in [5.41, 5.74) is 1.61. The molecule has 0 aliphatic rings. The van der Waals surface area contributed by atoms with Crippen LogP contribution in [0.2, 0.25) is 5.02 Å². The second-order valence-corrected chi connectivity index (χ2v) is 5.30. The van der Waals surface area contributed by atoms with Crippen LogP contribution in [0.25, 0.3) is 0 Å². The van der Waals surface area contributed by atoms with E-state index >= 15 is 0 Å². The summed E-state index contributed by atoms with van der Waals surface area (Å²) in [7, 11) is 0. The summed E-state index contributed by atoms with van der Waals surface area (Å²) in [6, 6.07) is 10.9. The molecule has 0 spiro atoms. The van der Waals surface area contributed by atoms with E-state index in [0.717, 1.165) is 11.6 Å². The molecule has 0 bridgehead atoms. The van der Waals surface area contributed by atoms with E-state index in [4.69, 9.17) is 11.6 Å². The first-order valence-electron chi connectivity index (χ1n) is 6.43. The predicted octanol–water partition coefficient (Wildman–Crippen LogP) is 5.03. The molecule has 2 atom stereocenters. The molecule has 20 heavy (non-hydrogen) atoms. The van der Waals surface area contributed by atoms with E-state index in [-0.39, 0.29) is 12.1 Å². The molecule has 1 N–H and O–H groups in total. The fraction of sp³-hybridized carbons (Fsp3) is 0.250. The van der Waals surface area contributed by atoms with Gasteiger partial charge in [-0.3, -0.25) is 0 Å². The topological polar surface area (TPSA) is 12.0 Å². The van der Waals surface area contributed by atoms with Crippen LogP contribution in [0.5, 0.6) is 0 Å². The minimum absolute atomic E-state index is 0.0232. The van der Waals surface area contributed by atoms with Crippen molar-refractivity contribution in [1.29, 1.82) is 0 Å². The van der Waals surface area contributed by atoms with E-state index in [1.54, 1.807) is 0 Å². The third-order valence-corrected chi connectivity index (χ3v) is 3.47. The summed E-state index contributed by atoms with van der Waals surface area (Å²) in [4.78, 5) is 0. The van der Waals surface area contributed by atoms with Gasteiger partial charge in [-0.05, 0) is 49.2 Å². The average molecular weight is 296 g/mol. The molecule has 1 nitrogen and oxygen atoms in total. The quantitative estimate of drug-likeness (QED) is 0.834. The molecular formula is C16H16ClF2N. The fourth-order valence-electron chi connectivity index (χ4n) is 2.17. The van der Waals surface area contributed by atoms with Crippen molar-refractivity contribution in [3.8, 4) is 0 Å². The molecule has 0 aromatic heterocycles. The molecule has 0 amide bonds. The normalized spacial score (nSPS) is 14.1. The zero-order valence-electron chi connectivity index (χ0n) is 11.3. The van der Waals surface area contributed by atoms with E-state index in [2.05, 4.69) is 5.32 Å². The Bertz CT molecular complexity index is 581. The van der Waals surface area contributed by atoms with Crippen LogP contribution in [-0.4, -0.2) is 0 Å². The molecule has 2 aromatic carbocycles. The maximum Gasteiger partial charge on any atom is 0.126 e. The second kappa shape index (κ2) is 6.33. The molecule has 1 unspecified atom stereocenters. The maximum absolute atomic E-state index is 13.2. The Labute approximate surface area is 122 Å². The van der Waals surface area contributed by atoms with Crippen molar-refractivity contribution < 1.29 is 8.78 Å². The van der Waals surface area contributed by atoms with E-state index in [9.17, 15) is 8.78 Å². The fourth-order valence-corrected chi connectivity index (χ4v) is 2.37. The van der Waals surface area contributed by atoms with Crippen molar-refractivity contribution in [3.05, 3.63) is 70.2 Å². The first-order valence-corrected chi connectivity index (χ1v) is 6.81. The van der Waals surface area contributed by atoms with Gasteiger partial charge >= 0.3 is 0 Å². The highest BCUT2D eigenvalue weighted by atomic mass is 35.5. The lowest BCUT2D eigenvalue weighted by Gasteiger charge is -2.21. The van der Waals surface area contributed by atoms with Gasteiger partial charge in [-0.25, -0.2) is 8.78 Å². The third-order valence-electron chi connectivity index (χ3n) is 3.23. The largest absolute Gasteiger partial charge is 0.304 e. The van der Waals surface area contributed by atoms with Gasteiger partial charge in [0.25, 0.3) is 0 Å². The Morgan fingerprint density at radius 2 is 1.50 bits per heavy atom. The molecule has 0 radical (unpaired) electrons. The number of halogens is 3. The van der Waals surface area contributed by atoms with Crippen molar-refractivity contribution >= 4 is 11.6 Å². The molecule has 4 heteroatoms. The van der Waals surface area contributed by atoms with E-state index in [0.29, 0.717) is 10.6 Å². The van der Waals surface area contributed by atoms with Crippen LogP contribution in [0.1, 0.15) is 37.1 Å². The van der Waals surface area contributed by atoms with Crippen molar-refractivity contribution in [2.24, 2.45) is 0 Å². The molecule has 0 saturated heterocycles. The third kappa shape index (κ3) is 3.78. The molecule has 0 heterocycles. The van der Waals surface area contributed by atoms with Gasteiger partial charge in [0.1, 0.15) is 11.6 Å². The van der Waals surface area contributed by atoms with E-state index in [1.807, 2.05) is 38.1 Å². The summed E-state index contributed by atoms with van der Waals surface area (Å²) in [6.07, 6.45) is 0. The summed E-state index contributed by atoms with van der Waals surface area (Å²) in [5.74, 6) is -1.13. The first kappa shape index (κ1) is 14.9. The highest BCUT2D eigenvalue weighted by Crippen LogP contribution is 2.22.